The van der Waals surface area contributed by atoms with E-state index in [2.05, 4.69) is 0 Å². The van der Waals surface area contributed by atoms with Gasteiger partial charge in [0.1, 0.15) is 4.92 Å². The average molecular weight is 226 g/mol. The van der Waals surface area contributed by atoms with Gasteiger partial charge in [0.15, 0.2) is 5.76 Å². The third-order valence-corrected chi connectivity index (χ3v) is 2.43. The van der Waals surface area contributed by atoms with Crippen molar-refractivity contribution in [2.45, 2.75) is 12.5 Å². The maximum atomic E-state index is 11.7. The Morgan fingerprint density at radius 3 is 2.88 bits per heavy atom. The number of nitrogens with zero attached hydrogens (tertiary/aromatic N) is 2. The molecule has 1 saturated heterocycles. The first-order chi connectivity index (χ1) is 7.58. The molecule has 1 aromatic rings. The Morgan fingerprint density at radius 2 is 2.38 bits per heavy atom. The topological polar surface area (TPSA) is 96.8 Å². The summed E-state index contributed by atoms with van der Waals surface area (Å²) in [6, 6.07) is 2.41. The second kappa shape index (κ2) is 3.93. The molecule has 1 atom stereocenters. The summed E-state index contributed by atoms with van der Waals surface area (Å²) < 4.78 is 4.78. The number of hydrogen-bond acceptors (Lipinski definition) is 5. The molecule has 0 aliphatic carbocycles. The zero-order chi connectivity index (χ0) is 11.7. The van der Waals surface area contributed by atoms with E-state index in [4.69, 9.17) is 4.42 Å². The van der Waals surface area contributed by atoms with E-state index in [1.54, 1.807) is 0 Å². The van der Waals surface area contributed by atoms with E-state index in [-0.39, 0.29) is 12.3 Å². The van der Waals surface area contributed by atoms with Gasteiger partial charge in [-0.15, -0.1) is 0 Å². The van der Waals surface area contributed by atoms with Crippen molar-refractivity contribution in [3.63, 3.8) is 0 Å². The molecule has 0 spiro atoms. The fraction of sp³-hybridized carbons (Fsp3) is 0.444. The first-order valence-corrected chi connectivity index (χ1v) is 4.79. The highest BCUT2D eigenvalue weighted by Crippen LogP contribution is 2.19. The minimum Gasteiger partial charge on any atom is -0.395 e. The maximum Gasteiger partial charge on any atom is 0.433 e. The molecule has 7 nitrogen and oxygen atoms in total. The zero-order valence-electron chi connectivity index (χ0n) is 8.33. The molecule has 16 heavy (non-hydrogen) atoms. The van der Waals surface area contributed by atoms with Crippen molar-refractivity contribution in [1.29, 1.82) is 0 Å². The van der Waals surface area contributed by atoms with Gasteiger partial charge in [0.2, 0.25) is 0 Å². The lowest BCUT2D eigenvalue weighted by molar-refractivity contribution is -0.402. The van der Waals surface area contributed by atoms with Crippen LogP contribution in [0.25, 0.3) is 0 Å². The molecule has 2 heterocycles. The molecule has 7 heteroatoms. The van der Waals surface area contributed by atoms with Crippen LogP contribution in [-0.2, 0) is 0 Å². The standard InChI is InChI=1S/C9H10N2O5/c12-6-3-4-10(5-6)9(13)7-1-2-8(16-7)11(14)15/h1-2,6,12H,3-5H2/t6-/m1/s1. The Hall–Kier alpha value is -1.89. The van der Waals surface area contributed by atoms with Gasteiger partial charge in [-0.2, -0.15) is 0 Å². The van der Waals surface area contributed by atoms with Crippen LogP contribution >= 0.6 is 0 Å². The summed E-state index contributed by atoms with van der Waals surface area (Å²) in [5.41, 5.74) is 0. The lowest BCUT2D eigenvalue weighted by Crippen LogP contribution is -2.29. The van der Waals surface area contributed by atoms with Crippen LogP contribution in [0, 0.1) is 10.1 Å². The van der Waals surface area contributed by atoms with Gasteiger partial charge in [-0.3, -0.25) is 14.9 Å². The lowest BCUT2D eigenvalue weighted by Gasteiger charge is -2.12. The number of likely N-dealkylation sites (tertiary alicyclic amines) is 1. The van der Waals surface area contributed by atoms with E-state index < -0.39 is 22.8 Å². The summed E-state index contributed by atoms with van der Waals surface area (Å²) in [6.07, 6.45) is 0.00282. The summed E-state index contributed by atoms with van der Waals surface area (Å²) in [5.74, 6) is -0.950. The lowest BCUT2D eigenvalue weighted by atomic mass is 10.3. The van der Waals surface area contributed by atoms with Gasteiger partial charge in [0.25, 0.3) is 5.91 Å². The van der Waals surface area contributed by atoms with Crippen molar-refractivity contribution >= 4 is 11.8 Å². The highest BCUT2D eigenvalue weighted by atomic mass is 16.6. The molecule has 1 fully saturated rings. The van der Waals surface area contributed by atoms with Crippen molar-refractivity contribution in [3.05, 3.63) is 28.0 Å². The Morgan fingerprint density at radius 1 is 1.62 bits per heavy atom. The molecule has 86 valence electrons. The van der Waals surface area contributed by atoms with Gasteiger partial charge in [-0.1, -0.05) is 0 Å². The molecule has 1 N–H and O–H groups in total. The van der Waals surface area contributed by atoms with Crippen LogP contribution in [0.5, 0.6) is 0 Å². The monoisotopic (exact) mass is 226 g/mol. The molecule has 1 amide bonds. The number of nitro groups is 1. The Bertz CT molecular complexity index is 427. The number of aliphatic hydroxyl groups is 1. The predicted molar refractivity (Wildman–Crippen MR) is 51.9 cm³/mol. The van der Waals surface area contributed by atoms with Crippen LogP contribution in [0.2, 0.25) is 0 Å². The SMILES string of the molecule is O=C(c1ccc([N+](=O)[O-])o1)N1CC[C@@H](O)C1. The molecule has 0 unspecified atom stereocenters. The molecule has 0 bridgehead atoms. The van der Waals surface area contributed by atoms with Gasteiger partial charge < -0.3 is 14.4 Å². The van der Waals surface area contributed by atoms with Crippen LogP contribution in [-0.4, -0.2) is 40.0 Å². The molecule has 1 aliphatic heterocycles. The summed E-state index contributed by atoms with van der Waals surface area (Å²) in [6.45, 7) is 0.682. The Labute approximate surface area is 90.4 Å². The summed E-state index contributed by atoms with van der Waals surface area (Å²) in [4.78, 5) is 22.8. The van der Waals surface area contributed by atoms with Crippen LogP contribution in [0.3, 0.4) is 0 Å². The molecule has 2 rings (SSSR count). The van der Waals surface area contributed by atoms with E-state index >= 15 is 0 Å². The van der Waals surface area contributed by atoms with E-state index in [1.165, 1.54) is 11.0 Å². The Kier molecular flexibility index (Phi) is 2.61. The highest BCUT2D eigenvalue weighted by Gasteiger charge is 2.28. The largest absolute Gasteiger partial charge is 0.433 e. The van der Waals surface area contributed by atoms with E-state index in [0.717, 1.165) is 6.07 Å². The smallest absolute Gasteiger partial charge is 0.395 e. The third-order valence-electron chi connectivity index (χ3n) is 2.43. The van der Waals surface area contributed by atoms with E-state index in [1.807, 2.05) is 0 Å². The number of amides is 1. The van der Waals surface area contributed by atoms with Crippen LogP contribution in [0.15, 0.2) is 16.5 Å². The third kappa shape index (κ3) is 1.89. The number of furan rings is 1. The summed E-state index contributed by atoms with van der Waals surface area (Å²) in [5, 5.41) is 19.6. The van der Waals surface area contributed by atoms with Crippen molar-refractivity contribution < 1.29 is 19.2 Å². The number of hydrogen-bond donors (Lipinski definition) is 1. The fourth-order valence-electron chi connectivity index (χ4n) is 1.62. The number of carbonyl (C=O) groups excluding carboxylic acids is 1. The second-order valence-electron chi connectivity index (χ2n) is 3.59. The predicted octanol–water partition coefficient (Wildman–Crippen LogP) is 0.395. The zero-order valence-corrected chi connectivity index (χ0v) is 8.33. The van der Waals surface area contributed by atoms with Gasteiger partial charge in [-0.05, 0) is 12.5 Å². The normalized spacial score (nSPS) is 20.1. The maximum absolute atomic E-state index is 11.7. The van der Waals surface area contributed by atoms with Gasteiger partial charge in [-0.25, -0.2) is 0 Å². The van der Waals surface area contributed by atoms with Crippen molar-refractivity contribution in [3.8, 4) is 0 Å². The number of rotatable bonds is 2. The van der Waals surface area contributed by atoms with Gasteiger partial charge >= 0.3 is 5.88 Å². The molecule has 1 aliphatic rings. The molecular formula is C9H10N2O5. The van der Waals surface area contributed by atoms with Crippen molar-refractivity contribution in [2.75, 3.05) is 13.1 Å². The Balaban J connectivity index is 2.11. The van der Waals surface area contributed by atoms with Crippen molar-refractivity contribution in [2.24, 2.45) is 0 Å². The molecular weight excluding hydrogens is 216 g/mol. The van der Waals surface area contributed by atoms with Gasteiger partial charge in [0.05, 0.1) is 12.2 Å². The number of aliphatic hydroxyl groups excluding tert-OH is 1. The molecule has 0 saturated carbocycles. The van der Waals surface area contributed by atoms with Crippen molar-refractivity contribution in [1.82, 2.24) is 4.90 Å². The average Bonchev–Trinajstić information content (AvgIpc) is 2.84. The minimum atomic E-state index is -0.699. The number of carbonyl (C=O) groups is 1. The second-order valence-corrected chi connectivity index (χ2v) is 3.59. The highest BCUT2D eigenvalue weighted by molar-refractivity contribution is 5.92. The molecule has 0 aromatic carbocycles. The van der Waals surface area contributed by atoms with E-state index in [9.17, 15) is 20.0 Å². The van der Waals surface area contributed by atoms with Crippen LogP contribution in [0.4, 0.5) is 5.88 Å². The minimum absolute atomic E-state index is 0.0687. The molecule has 0 radical (unpaired) electrons. The quantitative estimate of drug-likeness (QED) is 0.581. The summed E-state index contributed by atoms with van der Waals surface area (Å²) in [7, 11) is 0. The first kappa shape index (κ1) is 10.6. The van der Waals surface area contributed by atoms with Gasteiger partial charge in [0, 0.05) is 13.1 Å². The number of β-amino-alcohol motifs (C(OH)–C–C–N with tert-alkyl or cyclic N) is 1. The summed E-state index contributed by atoms with van der Waals surface area (Å²) >= 11 is 0. The first-order valence-electron chi connectivity index (χ1n) is 4.79. The van der Waals surface area contributed by atoms with Crippen LogP contribution < -0.4 is 0 Å². The van der Waals surface area contributed by atoms with Crippen LogP contribution in [0.1, 0.15) is 17.0 Å². The molecule has 1 aromatic heterocycles. The fourth-order valence-corrected chi connectivity index (χ4v) is 1.62. The van der Waals surface area contributed by atoms with E-state index in [0.29, 0.717) is 13.0 Å².